The van der Waals surface area contributed by atoms with Crippen molar-refractivity contribution < 1.29 is 39.5 Å². The van der Waals surface area contributed by atoms with Gasteiger partial charge in [0.2, 0.25) is 0 Å². The standard InChI is InChI=1S/C12H12Br2O6.2C2H6O/c1-3-19-11(17)5-7(13)10(16)6(8(14)9(5)15)12(18)20-4-2;2*1-2-3/h15-16H,3-4H2,1-2H3;2*3H,2H2,1H3. The fourth-order valence-corrected chi connectivity index (χ4v) is 2.54. The lowest BCUT2D eigenvalue weighted by Gasteiger charge is -2.14. The van der Waals surface area contributed by atoms with Crippen LogP contribution in [0, 0.1) is 0 Å². The Morgan fingerprint density at radius 3 is 1.19 bits per heavy atom. The van der Waals surface area contributed by atoms with Gasteiger partial charge in [0.15, 0.2) is 0 Å². The molecule has 0 atom stereocenters. The van der Waals surface area contributed by atoms with Crippen LogP contribution < -0.4 is 0 Å². The number of esters is 2. The fraction of sp³-hybridized carbons (Fsp3) is 0.500. The summed E-state index contributed by atoms with van der Waals surface area (Å²) in [7, 11) is 0. The molecule has 1 rings (SSSR count). The third-order valence-corrected chi connectivity index (χ3v) is 3.83. The first-order valence-corrected chi connectivity index (χ1v) is 9.27. The van der Waals surface area contributed by atoms with E-state index in [4.69, 9.17) is 19.7 Å². The number of hydrogen-bond acceptors (Lipinski definition) is 8. The Morgan fingerprint density at radius 1 is 0.769 bits per heavy atom. The maximum atomic E-state index is 11.7. The lowest BCUT2D eigenvalue weighted by Crippen LogP contribution is -2.11. The summed E-state index contributed by atoms with van der Waals surface area (Å²) < 4.78 is 9.26. The van der Waals surface area contributed by atoms with Gasteiger partial charge in [-0.2, -0.15) is 0 Å². The van der Waals surface area contributed by atoms with Crippen molar-refractivity contribution >= 4 is 43.8 Å². The van der Waals surface area contributed by atoms with Crippen molar-refractivity contribution in [1.29, 1.82) is 0 Å². The second-order valence-electron chi connectivity index (χ2n) is 4.15. The quantitative estimate of drug-likeness (QED) is 0.364. The van der Waals surface area contributed by atoms with Gasteiger partial charge in [-0.3, -0.25) is 0 Å². The molecule has 0 aliphatic carbocycles. The van der Waals surface area contributed by atoms with E-state index in [1.165, 1.54) is 0 Å². The summed E-state index contributed by atoms with van der Waals surface area (Å²) in [6.07, 6.45) is 0. The first-order valence-electron chi connectivity index (χ1n) is 7.68. The fourth-order valence-electron chi connectivity index (χ4n) is 1.44. The van der Waals surface area contributed by atoms with Gasteiger partial charge in [0.05, 0.1) is 22.2 Å². The molecule has 0 spiro atoms. The van der Waals surface area contributed by atoms with E-state index in [0.29, 0.717) is 0 Å². The largest absolute Gasteiger partial charge is 0.506 e. The number of halogens is 2. The normalized spacial score (nSPS) is 9.23. The van der Waals surface area contributed by atoms with E-state index in [9.17, 15) is 19.8 Å². The summed E-state index contributed by atoms with van der Waals surface area (Å²) in [6, 6.07) is 0. The average molecular weight is 504 g/mol. The van der Waals surface area contributed by atoms with Crippen LogP contribution in [0.2, 0.25) is 0 Å². The minimum Gasteiger partial charge on any atom is -0.506 e. The van der Waals surface area contributed by atoms with Crippen LogP contribution in [0.15, 0.2) is 8.95 Å². The summed E-state index contributed by atoms with van der Waals surface area (Å²) in [5.74, 6) is -2.70. The van der Waals surface area contributed by atoms with Gasteiger partial charge in [-0.05, 0) is 59.6 Å². The molecule has 0 saturated carbocycles. The molecular weight excluding hydrogens is 480 g/mol. The highest BCUT2D eigenvalue weighted by Gasteiger charge is 2.30. The topological polar surface area (TPSA) is 134 Å². The molecule has 1 aromatic carbocycles. The average Bonchev–Trinajstić information content (AvgIpc) is 2.55. The SMILES string of the molecule is CCO.CCO.CCOC(=O)c1c(O)c(Br)c(C(=O)OCC)c(O)c1Br. The third-order valence-electron chi connectivity index (χ3n) is 2.29. The molecule has 150 valence electrons. The molecular formula is C16H24Br2O8. The van der Waals surface area contributed by atoms with Crippen molar-refractivity contribution in [3.05, 3.63) is 20.1 Å². The summed E-state index contributed by atoms with van der Waals surface area (Å²) in [5.41, 5.74) is -0.548. The zero-order valence-corrected chi connectivity index (χ0v) is 18.2. The Hall–Kier alpha value is -1.36. The number of rotatable bonds is 4. The lowest BCUT2D eigenvalue weighted by molar-refractivity contribution is 0.0503. The number of aliphatic hydroxyl groups excluding tert-OH is 2. The van der Waals surface area contributed by atoms with E-state index in [1.54, 1.807) is 27.7 Å². The van der Waals surface area contributed by atoms with Gasteiger partial charge in [0, 0.05) is 13.2 Å². The second kappa shape index (κ2) is 14.8. The summed E-state index contributed by atoms with van der Waals surface area (Å²) >= 11 is 5.93. The van der Waals surface area contributed by atoms with Crippen LogP contribution in [0.5, 0.6) is 11.5 Å². The zero-order chi connectivity index (χ0) is 20.9. The van der Waals surface area contributed by atoms with E-state index < -0.39 is 23.4 Å². The molecule has 0 saturated heterocycles. The lowest BCUT2D eigenvalue weighted by atomic mass is 10.1. The predicted octanol–water partition coefficient (Wildman–Crippen LogP) is 2.97. The monoisotopic (exact) mass is 502 g/mol. The van der Waals surface area contributed by atoms with Gasteiger partial charge in [0.25, 0.3) is 0 Å². The third kappa shape index (κ3) is 7.90. The van der Waals surface area contributed by atoms with Crippen LogP contribution in [0.4, 0.5) is 0 Å². The molecule has 0 fully saturated rings. The number of hydrogen-bond donors (Lipinski definition) is 4. The number of phenolic OH excluding ortho intramolecular Hbond substituents is 2. The molecule has 1 aromatic rings. The molecule has 0 heterocycles. The predicted molar refractivity (Wildman–Crippen MR) is 103 cm³/mol. The number of aliphatic hydroxyl groups is 2. The minimum absolute atomic E-state index is 0.0999. The molecule has 0 aliphatic heterocycles. The van der Waals surface area contributed by atoms with Crippen molar-refractivity contribution in [2.75, 3.05) is 26.4 Å². The Balaban J connectivity index is 0. The minimum atomic E-state index is -0.830. The van der Waals surface area contributed by atoms with Gasteiger partial charge < -0.3 is 29.9 Å². The molecule has 4 N–H and O–H groups in total. The Morgan fingerprint density at radius 2 is 1.00 bits per heavy atom. The van der Waals surface area contributed by atoms with Crippen LogP contribution in [0.3, 0.4) is 0 Å². The van der Waals surface area contributed by atoms with Gasteiger partial charge in [-0.25, -0.2) is 9.59 Å². The van der Waals surface area contributed by atoms with E-state index in [0.717, 1.165) is 0 Å². The van der Waals surface area contributed by atoms with E-state index in [1.807, 2.05) is 0 Å². The molecule has 0 radical (unpaired) electrons. The highest BCUT2D eigenvalue weighted by Crippen LogP contribution is 2.44. The summed E-state index contributed by atoms with van der Waals surface area (Å²) in [4.78, 5) is 23.5. The van der Waals surface area contributed by atoms with Crippen LogP contribution in [0.25, 0.3) is 0 Å². The molecule has 10 heteroatoms. The maximum absolute atomic E-state index is 11.7. The molecule has 0 aromatic heterocycles. The molecule has 8 nitrogen and oxygen atoms in total. The Labute approximate surface area is 169 Å². The van der Waals surface area contributed by atoms with Crippen LogP contribution in [0.1, 0.15) is 48.4 Å². The second-order valence-corrected chi connectivity index (χ2v) is 5.73. The van der Waals surface area contributed by atoms with Gasteiger partial charge in [-0.1, -0.05) is 0 Å². The van der Waals surface area contributed by atoms with E-state index in [-0.39, 0.29) is 46.5 Å². The van der Waals surface area contributed by atoms with Crippen molar-refractivity contribution in [3.63, 3.8) is 0 Å². The van der Waals surface area contributed by atoms with Crippen molar-refractivity contribution in [2.24, 2.45) is 0 Å². The number of ether oxygens (including phenoxy) is 2. The molecule has 0 aliphatic rings. The highest BCUT2D eigenvalue weighted by molar-refractivity contribution is 9.11. The van der Waals surface area contributed by atoms with Gasteiger partial charge in [0.1, 0.15) is 22.6 Å². The first-order chi connectivity index (χ1) is 12.2. The zero-order valence-electron chi connectivity index (χ0n) is 15.0. The van der Waals surface area contributed by atoms with Crippen LogP contribution in [-0.4, -0.2) is 58.8 Å². The maximum Gasteiger partial charge on any atom is 0.343 e. The number of aromatic hydroxyl groups is 2. The number of carbonyl (C=O) groups excluding carboxylic acids is 2. The Kier molecular flexibility index (Phi) is 15.3. The van der Waals surface area contributed by atoms with E-state index in [2.05, 4.69) is 31.9 Å². The molecule has 26 heavy (non-hydrogen) atoms. The van der Waals surface area contributed by atoms with Crippen molar-refractivity contribution in [2.45, 2.75) is 27.7 Å². The summed E-state index contributed by atoms with van der Waals surface area (Å²) in [5, 5.41) is 35.1. The van der Waals surface area contributed by atoms with Crippen LogP contribution >= 0.6 is 31.9 Å². The molecule has 0 unspecified atom stereocenters. The van der Waals surface area contributed by atoms with Crippen molar-refractivity contribution in [3.8, 4) is 11.5 Å². The molecule has 0 amide bonds. The van der Waals surface area contributed by atoms with E-state index >= 15 is 0 Å². The van der Waals surface area contributed by atoms with Gasteiger partial charge >= 0.3 is 11.9 Å². The van der Waals surface area contributed by atoms with Crippen LogP contribution in [-0.2, 0) is 9.47 Å². The number of benzene rings is 1. The Bertz CT molecular complexity index is 510. The first kappa shape index (κ1) is 26.9. The number of carbonyl (C=O) groups is 2. The van der Waals surface area contributed by atoms with Gasteiger partial charge in [-0.15, -0.1) is 0 Å². The smallest absolute Gasteiger partial charge is 0.343 e. The number of phenols is 2. The van der Waals surface area contributed by atoms with Crippen molar-refractivity contribution in [1.82, 2.24) is 0 Å². The highest BCUT2D eigenvalue weighted by atomic mass is 79.9. The summed E-state index contributed by atoms with van der Waals surface area (Å²) in [6.45, 7) is 7.26. The molecule has 0 bridgehead atoms.